The highest BCUT2D eigenvalue weighted by molar-refractivity contribution is 7.99. The molecule has 0 saturated heterocycles. The summed E-state index contributed by atoms with van der Waals surface area (Å²) in [5.41, 5.74) is 2.50. The number of aromatic nitrogens is 4. The number of rotatable bonds is 4. The standard InChI is InChI=1S/C14H11N5S/c15-6-11(10-4-2-1-3-5-10)7-20-14-12-13(17-8-16-12)18-9-19-14/h1-5,8-9,11H,7H2,(H,16,17,18,19). The van der Waals surface area contributed by atoms with Crippen molar-refractivity contribution in [2.45, 2.75) is 10.9 Å². The van der Waals surface area contributed by atoms with Crippen molar-refractivity contribution in [3.05, 3.63) is 48.5 Å². The quantitative estimate of drug-likeness (QED) is 0.587. The predicted molar refractivity (Wildman–Crippen MR) is 77.2 cm³/mol. The highest BCUT2D eigenvalue weighted by atomic mass is 32.2. The van der Waals surface area contributed by atoms with Gasteiger partial charge in [-0.2, -0.15) is 5.26 Å². The Labute approximate surface area is 120 Å². The Bertz CT molecular complexity index is 747. The van der Waals surface area contributed by atoms with E-state index in [2.05, 4.69) is 26.0 Å². The number of aromatic amines is 1. The van der Waals surface area contributed by atoms with Crippen LogP contribution in [0.5, 0.6) is 0 Å². The van der Waals surface area contributed by atoms with Crippen molar-refractivity contribution in [2.75, 3.05) is 5.75 Å². The van der Waals surface area contributed by atoms with E-state index in [1.54, 1.807) is 6.33 Å². The third kappa shape index (κ3) is 2.49. The molecule has 0 saturated carbocycles. The third-order valence-electron chi connectivity index (χ3n) is 2.93. The zero-order valence-corrected chi connectivity index (χ0v) is 11.3. The molecule has 6 heteroatoms. The molecule has 98 valence electrons. The van der Waals surface area contributed by atoms with Crippen LogP contribution >= 0.6 is 11.8 Å². The van der Waals surface area contributed by atoms with E-state index in [-0.39, 0.29) is 5.92 Å². The molecule has 2 heterocycles. The van der Waals surface area contributed by atoms with E-state index in [1.807, 2.05) is 30.3 Å². The molecular formula is C14H11N5S. The molecule has 0 bridgehead atoms. The Morgan fingerprint density at radius 3 is 2.85 bits per heavy atom. The maximum absolute atomic E-state index is 9.31. The highest BCUT2D eigenvalue weighted by Gasteiger charge is 2.13. The van der Waals surface area contributed by atoms with Crippen LogP contribution in [0.4, 0.5) is 0 Å². The maximum Gasteiger partial charge on any atom is 0.181 e. The lowest BCUT2D eigenvalue weighted by Crippen LogP contribution is -1.99. The minimum absolute atomic E-state index is 0.158. The van der Waals surface area contributed by atoms with E-state index in [0.29, 0.717) is 11.4 Å². The summed E-state index contributed by atoms with van der Waals surface area (Å²) in [5.74, 6) is 0.486. The first-order valence-electron chi connectivity index (χ1n) is 6.10. The maximum atomic E-state index is 9.31. The Hall–Kier alpha value is -2.39. The van der Waals surface area contributed by atoms with E-state index in [4.69, 9.17) is 0 Å². The zero-order chi connectivity index (χ0) is 13.8. The monoisotopic (exact) mass is 281 g/mol. The SMILES string of the molecule is N#CC(CSc1ncnc2nc[nH]c12)c1ccccc1. The summed E-state index contributed by atoms with van der Waals surface area (Å²) in [7, 11) is 0. The largest absolute Gasteiger partial charge is 0.341 e. The van der Waals surface area contributed by atoms with Crippen LogP contribution in [-0.4, -0.2) is 25.7 Å². The molecule has 20 heavy (non-hydrogen) atoms. The molecule has 0 spiro atoms. The van der Waals surface area contributed by atoms with Crippen LogP contribution in [0.3, 0.4) is 0 Å². The Morgan fingerprint density at radius 1 is 1.20 bits per heavy atom. The van der Waals surface area contributed by atoms with Gasteiger partial charge in [0.05, 0.1) is 18.3 Å². The number of benzene rings is 1. The number of nitriles is 1. The van der Waals surface area contributed by atoms with Gasteiger partial charge in [0.25, 0.3) is 0 Å². The van der Waals surface area contributed by atoms with Crippen molar-refractivity contribution in [1.82, 2.24) is 19.9 Å². The number of fused-ring (bicyclic) bond motifs is 1. The molecule has 1 atom stereocenters. The third-order valence-corrected chi connectivity index (χ3v) is 4.02. The molecule has 0 aliphatic carbocycles. The van der Waals surface area contributed by atoms with Crippen molar-refractivity contribution < 1.29 is 0 Å². The summed E-state index contributed by atoms with van der Waals surface area (Å²) in [4.78, 5) is 15.5. The van der Waals surface area contributed by atoms with Crippen LogP contribution < -0.4 is 0 Å². The average molecular weight is 281 g/mol. The molecule has 1 N–H and O–H groups in total. The lowest BCUT2D eigenvalue weighted by molar-refractivity contribution is 0.990. The predicted octanol–water partition coefficient (Wildman–Crippen LogP) is 2.75. The number of H-pyrrole nitrogens is 1. The van der Waals surface area contributed by atoms with Crippen molar-refractivity contribution in [3.8, 4) is 6.07 Å². The first kappa shape index (κ1) is 12.6. The molecule has 5 nitrogen and oxygen atoms in total. The molecule has 2 aromatic heterocycles. The van der Waals surface area contributed by atoms with Crippen molar-refractivity contribution >= 4 is 22.9 Å². The van der Waals surface area contributed by atoms with E-state index in [9.17, 15) is 5.26 Å². The van der Waals surface area contributed by atoms with Crippen LogP contribution in [0, 0.1) is 11.3 Å². The van der Waals surface area contributed by atoms with E-state index in [0.717, 1.165) is 16.1 Å². The smallest absolute Gasteiger partial charge is 0.181 e. The molecule has 0 aliphatic rings. The summed E-state index contributed by atoms with van der Waals surface area (Å²) >= 11 is 1.54. The van der Waals surface area contributed by atoms with Gasteiger partial charge in [0.2, 0.25) is 0 Å². The van der Waals surface area contributed by atoms with Gasteiger partial charge in [0.1, 0.15) is 16.9 Å². The van der Waals surface area contributed by atoms with Crippen LogP contribution in [0.2, 0.25) is 0 Å². The fourth-order valence-corrected chi connectivity index (χ4v) is 2.92. The Balaban J connectivity index is 1.79. The topological polar surface area (TPSA) is 78.2 Å². The molecule has 0 aliphatic heterocycles. The van der Waals surface area contributed by atoms with Gasteiger partial charge in [-0.1, -0.05) is 30.3 Å². The van der Waals surface area contributed by atoms with Gasteiger partial charge in [0, 0.05) is 5.75 Å². The lowest BCUT2D eigenvalue weighted by Gasteiger charge is -2.08. The summed E-state index contributed by atoms with van der Waals surface area (Å²) in [6.45, 7) is 0. The molecule has 0 amide bonds. The van der Waals surface area contributed by atoms with E-state index >= 15 is 0 Å². The van der Waals surface area contributed by atoms with Gasteiger partial charge < -0.3 is 4.98 Å². The second-order valence-corrected chi connectivity index (χ2v) is 5.19. The van der Waals surface area contributed by atoms with Gasteiger partial charge in [-0.05, 0) is 5.56 Å². The number of hydrogen-bond donors (Lipinski definition) is 1. The van der Waals surface area contributed by atoms with Crippen molar-refractivity contribution in [1.29, 1.82) is 5.26 Å². The fourth-order valence-electron chi connectivity index (χ4n) is 1.91. The number of thioether (sulfide) groups is 1. The van der Waals surface area contributed by atoms with E-state index in [1.165, 1.54) is 18.1 Å². The Kier molecular flexibility index (Phi) is 3.61. The first-order valence-corrected chi connectivity index (χ1v) is 7.08. The minimum Gasteiger partial charge on any atom is -0.341 e. The summed E-state index contributed by atoms with van der Waals surface area (Å²) in [6, 6.07) is 12.1. The van der Waals surface area contributed by atoms with Crippen LogP contribution in [-0.2, 0) is 0 Å². The summed E-state index contributed by atoms with van der Waals surface area (Å²) < 4.78 is 0. The van der Waals surface area contributed by atoms with Gasteiger partial charge in [-0.3, -0.25) is 0 Å². The van der Waals surface area contributed by atoms with Crippen molar-refractivity contribution in [2.24, 2.45) is 0 Å². The molecule has 0 fully saturated rings. The van der Waals surface area contributed by atoms with Crippen molar-refractivity contribution in [3.63, 3.8) is 0 Å². The molecule has 0 radical (unpaired) electrons. The normalized spacial score (nSPS) is 12.2. The molecule has 3 rings (SSSR count). The second-order valence-electron chi connectivity index (χ2n) is 4.18. The highest BCUT2D eigenvalue weighted by Crippen LogP contribution is 2.27. The fraction of sp³-hybridized carbons (Fsp3) is 0.143. The van der Waals surface area contributed by atoms with Crippen LogP contribution in [0.15, 0.2) is 48.0 Å². The molecular weight excluding hydrogens is 270 g/mol. The number of nitrogens with zero attached hydrogens (tertiary/aromatic N) is 4. The number of imidazole rings is 1. The lowest BCUT2D eigenvalue weighted by atomic mass is 10.0. The number of hydrogen-bond acceptors (Lipinski definition) is 5. The van der Waals surface area contributed by atoms with Gasteiger partial charge in [-0.25, -0.2) is 15.0 Å². The van der Waals surface area contributed by atoms with Gasteiger partial charge in [-0.15, -0.1) is 11.8 Å². The zero-order valence-electron chi connectivity index (χ0n) is 10.5. The van der Waals surface area contributed by atoms with Crippen LogP contribution in [0.1, 0.15) is 11.5 Å². The summed E-state index contributed by atoms with van der Waals surface area (Å²) in [6.07, 6.45) is 3.10. The minimum atomic E-state index is -0.158. The average Bonchev–Trinajstić information content (AvgIpc) is 2.98. The Morgan fingerprint density at radius 2 is 2.05 bits per heavy atom. The molecule has 1 aromatic carbocycles. The van der Waals surface area contributed by atoms with Crippen LogP contribution in [0.25, 0.3) is 11.2 Å². The van der Waals surface area contributed by atoms with Gasteiger partial charge >= 0.3 is 0 Å². The number of nitrogens with one attached hydrogen (secondary N) is 1. The molecule has 1 unspecified atom stereocenters. The first-order chi connectivity index (χ1) is 9.88. The van der Waals surface area contributed by atoms with E-state index < -0.39 is 0 Å². The van der Waals surface area contributed by atoms with Gasteiger partial charge in [0.15, 0.2) is 5.65 Å². The molecule has 3 aromatic rings. The second kappa shape index (κ2) is 5.72. The summed E-state index contributed by atoms with van der Waals surface area (Å²) in [5, 5.41) is 10.1.